The molecule has 0 aromatic heterocycles. The molecule has 0 radical (unpaired) electrons. The lowest BCUT2D eigenvalue weighted by Gasteiger charge is -2.46. The molecule has 0 saturated carbocycles. The van der Waals surface area contributed by atoms with E-state index in [0.29, 0.717) is 0 Å². The Hall–Kier alpha value is -8.14. The Labute approximate surface area is 388 Å². The maximum absolute atomic E-state index is 2.62. The minimum absolute atomic E-state index is 0.139. The van der Waals surface area contributed by atoms with Gasteiger partial charge in [-0.15, -0.1) is 0 Å². The number of rotatable bonds is 7. The lowest BCUT2D eigenvalue weighted by Crippen LogP contribution is -2.61. The summed E-state index contributed by atoms with van der Waals surface area (Å²) in [4.78, 5) is 5.16. The highest BCUT2D eigenvalue weighted by atomic mass is 15.2. The van der Waals surface area contributed by atoms with Crippen molar-refractivity contribution in [2.45, 2.75) is 20.8 Å². The topological polar surface area (TPSA) is 6.48 Å². The molecule has 10 aromatic carbocycles. The second-order valence-corrected chi connectivity index (χ2v) is 17.9. The predicted molar refractivity (Wildman–Crippen MR) is 282 cm³/mol. The summed E-state index contributed by atoms with van der Waals surface area (Å²) >= 11 is 0. The molecule has 0 unspecified atom stereocenters. The van der Waals surface area contributed by atoms with Crippen molar-refractivity contribution in [2.24, 2.45) is 0 Å². The van der Waals surface area contributed by atoms with Gasteiger partial charge in [0, 0.05) is 34.0 Å². The number of aryl methyl sites for hydroxylation is 3. The van der Waals surface area contributed by atoms with Crippen LogP contribution in [0.15, 0.2) is 231 Å². The van der Waals surface area contributed by atoms with Crippen molar-refractivity contribution >= 4 is 46.2 Å². The van der Waals surface area contributed by atoms with Crippen molar-refractivity contribution in [3.63, 3.8) is 0 Å². The summed E-state index contributed by atoms with van der Waals surface area (Å²) in [5.74, 6) is 0. The molecule has 2 nitrogen and oxygen atoms in total. The second-order valence-electron chi connectivity index (χ2n) is 17.9. The molecule has 0 aliphatic carbocycles. The van der Waals surface area contributed by atoms with Crippen LogP contribution in [-0.2, 0) is 0 Å². The van der Waals surface area contributed by atoms with E-state index in [-0.39, 0.29) is 6.85 Å². The molecule has 0 N–H and O–H groups in total. The molecule has 2 heterocycles. The van der Waals surface area contributed by atoms with Crippen molar-refractivity contribution < 1.29 is 0 Å². The number of hydrogen-bond acceptors (Lipinski definition) is 2. The van der Waals surface area contributed by atoms with Crippen molar-refractivity contribution in [1.82, 2.24) is 0 Å². The van der Waals surface area contributed by atoms with E-state index < -0.39 is 0 Å². The van der Waals surface area contributed by atoms with Crippen LogP contribution in [0.3, 0.4) is 0 Å². The molecule has 0 fully saturated rings. The Bertz CT molecular complexity index is 3400. The lowest BCUT2D eigenvalue weighted by molar-refractivity contribution is 1.26. The van der Waals surface area contributed by atoms with Crippen LogP contribution in [0.4, 0.5) is 28.4 Å². The highest BCUT2D eigenvalue weighted by molar-refractivity contribution is 6.93. The van der Waals surface area contributed by atoms with Crippen molar-refractivity contribution in [3.8, 4) is 66.8 Å². The Kier molecular flexibility index (Phi) is 9.65. The molecule has 2 aliphatic heterocycles. The molecular weight excluding hydrogens is 796 g/mol. The van der Waals surface area contributed by atoms with Crippen LogP contribution in [0.2, 0.25) is 0 Å². The van der Waals surface area contributed by atoms with Crippen LogP contribution in [0.25, 0.3) is 66.8 Å². The number of hydrogen-bond donors (Lipinski definition) is 0. The van der Waals surface area contributed by atoms with Crippen LogP contribution in [0.1, 0.15) is 16.7 Å². The summed E-state index contributed by atoms with van der Waals surface area (Å²) in [5, 5.41) is 0. The minimum Gasteiger partial charge on any atom is -0.376 e. The zero-order chi connectivity index (χ0) is 44.3. The Morgan fingerprint density at radius 2 is 0.742 bits per heavy atom. The first-order chi connectivity index (χ1) is 32.5. The highest BCUT2D eigenvalue weighted by Crippen LogP contribution is 2.50. The molecular formula is C63H47BN2. The van der Waals surface area contributed by atoms with Crippen LogP contribution in [0, 0.1) is 20.8 Å². The normalized spacial score (nSPS) is 12.4. The second kappa shape index (κ2) is 16.1. The van der Waals surface area contributed by atoms with Crippen molar-refractivity contribution in [3.05, 3.63) is 247 Å². The fourth-order valence-corrected chi connectivity index (χ4v) is 10.8. The van der Waals surface area contributed by atoms with Gasteiger partial charge < -0.3 is 9.71 Å². The van der Waals surface area contributed by atoms with Crippen LogP contribution >= 0.6 is 0 Å². The average Bonchev–Trinajstić information content (AvgIpc) is 3.37. The largest absolute Gasteiger partial charge is 0.376 e. The van der Waals surface area contributed by atoms with Gasteiger partial charge in [-0.3, -0.25) is 0 Å². The molecule has 0 spiro atoms. The van der Waals surface area contributed by atoms with E-state index in [1.165, 1.54) is 111 Å². The number of fused-ring (bicyclic) bond motifs is 4. The molecule has 12 rings (SSSR count). The van der Waals surface area contributed by atoms with E-state index in [1.807, 2.05) is 0 Å². The van der Waals surface area contributed by atoms with E-state index in [9.17, 15) is 0 Å². The van der Waals surface area contributed by atoms with E-state index in [2.05, 4.69) is 261 Å². The van der Waals surface area contributed by atoms with Gasteiger partial charge >= 0.3 is 6.85 Å². The molecule has 312 valence electrons. The Balaban J connectivity index is 1.17. The number of benzene rings is 10. The highest BCUT2D eigenvalue weighted by Gasteiger charge is 2.45. The predicted octanol–water partition coefficient (Wildman–Crippen LogP) is 15.7. The van der Waals surface area contributed by atoms with Crippen LogP contribution < -0.4 is 20.6 Å². The molecule has 0 amide bonds. The zero-order valence-electron chi connectivity index (χ0n) is 37.4. The van der Waals surface area contributed by atoms with E-state index in [1.54, 1.807) is 0 Å². The fraction of sp³-hybridized carbons (Fsp3) is 0.0476. The van der Waals surface area contributed by atoms with Gasteiger partial charge in [0.15, 0.2) is 0 Å². The number of anilines is 5. The fourth-order valence-electron chi connectivity index (χ4n) is 10.8. The third-order valence-corrected chi connectivity index (χ3v) is 13.7. The lowest BCUT2D eigenvalue weighted by atomic mass is 9.43. The summed E-state index contributed by atoms with van der Waals surface area (Å²) in [6.07, 6.45) is 0. The third-order valence-electron chi connectivity index (χ3n) is 13.7. The molecule has 3 heteroatoms. The summed E-state index contributed by atoms with van der Waals surface area (Å²) in [6, 6.07) is 85.4. The SMILES string of the molecule is Cc1cc(C)c(-c2cc3c4c(c2)N(c2ccc(-c5ccccc5)cc2)c2ccc(-c5ccccc5)cc2B4N(c2ccc(-c4ccccc4)cc2)c2ccc(-c4ccccc4)cc2-3)c(C)c1. The van der Waals surface area contributed by atoms with Gasteiger partial charge in [0.1, 0.15) is 0 Å². The third kappa shape index (κ3) is 6.75. The van der Waals surface area contributed by atoms with Crippen molar-refractivity contribution in [1.29, 1.82) is 0 Å². The van der Waals surface area contributed by atoms with Crippen LogP contribution in [0.5, 0.6) is 0 Å². The minimum atomic E-state index is -0.139. The van der Waals surface area contributed by atoms with Gasteiger partial charge in [0.05, 0.1) is 0 Å². The van der Waals surface area contributed by atoms with Crippen LogP contribution in [-0.4, -0.2) is 6.85 Å². The average molecular weight is 843 g/mol. The Morgan fingerprint density at radius 3 is 1.27 bits per heavy atom. The van der Waals surface area contributed by atoms with E-state index >= 15 is 0 Å². The van der Waals surface area contributed by atoms with Gasteiger partial charge in [-0.25, -0.2) is 0 Å². The van der Waals surface area contributed by atoms with Gasteiger partial charge in [-0.2, -0.15) is 0 Å². The van der Waals surface area contributed by atoms with Crippen molar-refractivity contribution in [2.75, 3.05) is 9.71 Å². The van der Waals surface area contributed by atoms with E-state index in [0.717, 1.165) is 11.4 Å². The number of nitrogens with zero attached hydrogens (tertiary/aromatic N) is 2. The Morgan fingerprint density at radius 1 is 0.318 bits per heavy atom. The summed E-state index contributed by atoms with van der Waals surface area (Å²) in [6.45, 7) is 6.60. The maximum atomic E-state index is 2.62. The standard InChI is InChI=1S/C63H47BN2/c1-42-36-43(2)62(44(3)37-42)53-39-57-56-38-51(47-20-12-6-13-21-47)28-34-59(56)66(55-32-26-50(27-33-55)46-18-10-5-11-19-46)64-58-40-52(48-22-14-7-15-23-48)29-35-60(58)65(61(41-53)63(57)64)54-30-24-49(25-31-54)45-16-8-4-9-17-45/h4-41H,1-3H3. The smallest absolute Gasteiger partial charge is 0.333 e. The van der Waals surface area contributed by atoms with Gasteiger partial charge in [-0.05, 0) is 159 Å². The maximum Gasteiger partial charge on any atom is 0.333 e. The van der Waals surface area contributed by atoms with Gasteiger partial charge in [0.2, 0.25) is 0 Å². The first-order valence-corrected chi connectivity index (χ1v) is 23.0. The zero-order valence-corrected chi connectivity index (χ0v) is 37.4. The monoisotopic (exact) mass is 842 g/mol. The summed E-state index contributed by atoms with van der Waals surface area (Å²) in [5.41, 5.74) is 26.9. The molecule has 66 heavy (non-hydrogen) atoms. The molecule has 2 aliphatic rings. The summed E-state index contributed by atoms with van der Waals surface area (Å²) < 4.78 is 0. The molecule has 0 bridgehead atoms. The van der Waals surface area contributed by atoms with Gasteiger partial charge in [-0.1, -0.05) is 181 Å². The first kappa shape index (κ1) is 39.5. The molecule has 0 saturated heterocycles. The molecule has 10 aromatic rings. The van der Waals surface area contributed by atoms with Gasteiger partial charge in [0.25, 0.3) is 0 Å². The quantitative estimate of drug-likeness (QED) is 0.148. The summed E-state index contributed by atoms with van der Waals surface area (Å²) in [7, 11) is 0. The van der Waals surface area contributed by atoms with E-state index in [4.69, 9.17) is 0 Å². The molecule has 0 atom stereocenters. The first-order valence-electron chi connectivity index (χ1n) is 23.0.